The van der Waals surface area contributed by atoms with Gasteiger partial charge in [0.2, 0.25) is 0 Å². The number of rotatable bonds is 7. The van der Waals surface area contributed by atoms with Gasteiger partial charge in [-0.15, -0.1) is 11.3 Å². The Hall–Kier alpha value is -3.26. The summed E-state index contributed by atoms with van der Waals surface area (Å²) in [6.45, 7) is 5.61. The molecular weight excluding hydrogens is 466 g/mol. The SMILES string of the molecule is CCOC(=O)C1=C(C)N=C2C[C@H](c3ccccc3OC)[C@H](C(=O)OCC)C(=O)C2[C@@H]1c1cccs1. The molecule has 4 rings (SSSR count). The van der Waals surface area contributed by atoms with Gasteiger partial charge in [0.25, 0.3) is 0 Å². The highest BCUT2D eigenvalue weighted by atomic mass is 32.1. The summed E-state index contributed by atoms with van der Waals surface area (Å²) in [6, 6.07) is 11.2. The maximum Gasteiger partial charge on any atom is 0.336 e. The Bertz CT molecular complexity index is 1180. The molecule has 4 atom stereocenters. The first-order valence-electron chi connectivity index (χ1n) is 11.7. The van der Waals surface area contributed by atoms with E-state index in [0.717, 1.165) is 10.4 Å². The van der Waals surface area contributed by atoms with Crippen molar-refractivity contribution in [2.75, 3.05) is 20.3 Å². The summed E-state index contributed by atoms with van der Waals surface area (Å²) >= 11 is 1.47. The van der Waals surface area contributed by atoms with Gasteiger partial charge in [0, 0.05) is 28.1 Å². The lowest BCUT2D eigenvalue weighted by molar-refractivity contribution is -0.153. The van der Waals surface area contributed by atoms with Gasteiger partial charge < -0.3 is 14.2 Å². The number of carbonyl (C=O) groups excluding carboxylic acids is 3. The third kappa shape index (κ3) is 4.55. The molecule has 8 heteroatoms. The molecule has 184 valence electrons. The summed E-state index contributed by atoms with van der Waals surface area (Å²) in [5, 5.41) is 1.91. The molecule has 1 fully saturated rings. The first-order chi connectivity index (χ1) is 16.9. The quantitative estimate of drug-likeness (QED) is 0.409. The lowest BCUT2D eigenvalue weighted by Gasteiger charge is -2.40. The lowest BCUT2D eigenvalue weighted by Crippen LogP contribution is -2.48. The van der Waals surface area contributed by atoms with E-state index >= 15 is 0 Å². The second-order valence-corrected chi connectivity index (χ2v) is 9.46. The highest BCUT2D eigenvalue weighted by Gasteiger charge is 2.53. The molecule has 1 aliphatic carbocycles. The van der Waals surface area contributed by atoms with Gasteiger partial charge in [0.05, 0.1) is 31.8 Å². The molecule has 7 nitrogen and oxygen atoms in total. The van der Waals surface area contributed by atoms with Crippen LogP contribution in [-0.2, 0) is 23.9 Å². The van der Waals surface area contributed by atoms with Crippen molar-refractivity contribution in [1.82, 2.24) is 0 Å². The molecule has 2 heterocycles. The molecule has 2 aliphatic rings. The van der Waals surface area contributed by atoms with Crippen LogP contribution in [0.2, 0.25) is 0 Å². The molecule has 0 radical (unpaired) electrons. The lowest BCUT2D eigenvalue weighted by atomic mass is 9.63. The van der Waals surface area contributed by atoms with E-state index in [1.807, 2.05) is 41.8 Å². The second kappa shape index (κ2) is 10.6. The fraction of sp³-hybridized carbons (Fsp3) is 0.407. The summed E-state index contributed by atoms with van der Waals surface area (Å²) in [7, 11) is 1.56. The van der Waals surface area contributed by atoms with E-state index in [4.69, 9.17) is 19.2 Å². The molecular formula is C27H29NO6S. The molecule has 1 aromatic carbocycles. The molecule has 1 aliphatic heterocycles. The van der Waals surface area contributed by atoms with E-state index in [-0.39, 0.29) is 19.0 Å². The number of ether oxygens (including phenoxy) is 3. The number of thiophene rings is 1. The molecule has 2 aromatic rings. The predicted octanol–water partition coefficient (Wildman–Crippen LogP) is 4.68. The van der Waals surface area contributed by atoms with Crippen molar-refractivity contribution >= 4 is 34.8 Å². The molecule has 1 aromatic heterocycles. The Morgan fingerprint density at radius 3 is 2.46 bits per heavy atom. The molecule has 1 saturated carbocycles. The Labute approximate surface area is 208 Å². The highest BCUT2D eigenvalue weighted by molar-refractivity contribution is 7.10. The maximum absolute atomic E-state index is 14.2. The Balaban J connectivity index is 1.88. The number of benzene rings is 1. The number of hydrogen-bond donors (Lipinski definition) is 0. The van der Waals surface area contributed by atoms with E-state index < -0.39 is 35.6 Å². The van der Waals surface area contributed by atoms with Crippen LogP contribution >= 0.6 is 11.3 Å². The second-order valence-electron chi connectivity index (χ2n) is 8.48. The number of Topliss-reactive ketones (excluding diaryl/α,β-unsaturated/α-hetero) is 1. The standard InChI is InChI=1S/C27H29NO6S/c1-5-33-26(30)21-15(3)28-18-14-17(16-10-7-8-11-19(16)32-4)22(27(31)34-6-2)25(29)23(18)24(21)20-12-9-13-35-20/h7-13,17,22-24H,5-6,14H2,1-4H3/t17-,22+,23?,24-/m1/s1. The van der Waals surface area contributed by atoms with Gasteiger partial charge in [-0.3, -0.25) is 14.6 Å². The fourth-order valence-electron chi connectivity index (χ4n) is 5.20. The van der Waals surface area contributed by atoms with Gasteiger partial charge in [-0.1, -0.05) is 24.3 Å². The van der Waals surface area contributed by atoms with Crippen molar-refractivity contribution < 1.29 is 28.6 Å². The zero-order valence-corrected chi connectivity index (χ0v) is 21.1. The number of para-hydroxylation sites is 1. The van der Waals surface area contributed by atoms with Crippen LogP contribution in [0.3, 0.4) is 0 Å². The van der Waals surface area contributed by atoms with E-state index in [2.05, 4.69) is 0 Å². The molecule has 0 spiro atoms. The zero-order valence-electron chi connectivity index (χ0n) is 20.3. The molecule has 1 unspecified atom stereocenters. The zero-order chi connectivity index (χ0) is 25.1. The van der Waals surface area contributed by atoms with Crippen LogP contribution in [0.1, 0.15) is 49.5 Å². The van der Waals surface area contributed by atoms with E-state index in [1.54, 1.807) is 27.9 Å². The van der Waals surface area contributed by atoms with Gasteiger partial charge >= 0.3 is 11.9 Å². The Morgan fingerprint density at radius 1 is 1.06 bits per heavy atom. The first kappa shape index (κ1) is 24.9. The summed E-state index contributed by atoms with van der Waals surface area (Å²) in [5.74, 6) is -3.60. The summed E-state index contributed by atoms with van der Waals surface area (Å²) < 4.78 is 16.3. The van der Waals surface area contributed by atoms with Crippen molar-refractivity contribution in [2.45, 2.75) is 39.0 Å². The van der Waals surface area contributed by atoms with Gasteiger partial charge in [-0.25, -0.2) is 4.79 Å². The summed E-state index contributed by atoms with van der Waals surface area (Å²) in [4.78, 5) is 46.1. The number of aliphatic imine (C=N–C) groups is 1. The average molecular weight is 496 g/mol. The predicted molar refractivity (Wildman–Crippen MR) is 133 cm³/mol. The monoisotopic (exact) mass is 495 g/mol. The molecule has 0 amide bonds. The van der Waals surface area contributed by atoms with E-state index in [9.17, 15) is 14.4 Å². The largest absolute Gasteiger partial charge is 0.496 e. The number of nitrogens with zero attached hydrogens (tertiary/aromatic N) is 1. The van der Waals surface area contributed by atoms with E-state index in [0.29, 0.717) is 29.2 Å². The minimum absolute atomic E-state index is 0.161. The van der Waals surface area contributed by atoms with Crippen molar-refractivity contribution in [3.63, 3.8) is 0 Å². The van der Waals surface area contributed by atoms with Crippen molar-refractivity contribution in [2.24, 2.45) is 16.8 Å². The number of allylic oxidation sites excluding steroid dienone is 1. The molecule has 35 heavy (non-hydrogen) atoms. The number of esters is 2. The Morgan fingerprint density at radius 2 is 1.80 bits per heavy atom. The molecule has 0 saturated heterocycles. The van der Waals surface area contributed by atoms with Crippen molar-refractivity contribution in [3.05, 3.63) is 63.5 Å². The number of hydrogen-bond acceptors (Lipinski definition) is 8. The van der Waals surface area contributed by atoms with Gasteiger partial charge in [-0.05, 0) is 50.3 Å². The van der Waals surface area contributed by atoms with Gasteiger partial charge in [0.15, 0.2) is 5.78 Å². The van der Waals surface area contributed by atoms with Crippen LogP contribution in [-0.4, -0.2) is 43.8 Å². The van der Waals surface area contributed by atoms with E-state index in [1.165, 1.54) is 11.3 Å². The van der Waals surface area contributed by atoms with Crippen LogP contribution < -0.4 is 4.74 Å². The highest BCUT2D eigenvalue weighted by Crippen LogP contribution is 2.50. The van der Waals surface area contributed by atoms with Crippen LogP contribution in [0.25, 0.3) is 0 Å². The van der Waals surface area contributed by atoms with Crippen LogP contribution in [0.5, 0.6) is 5.75 Å². The third-order valence-electron chi connectivity index (χ3n) is 6.57. The van der Waals surface area contributed by atoms with Crippen molar-refractivity contribution in [3.8, 4) is 5.75 Å². The van der Waals surface area contributed by atoms with Crippen LogP contribution in [0.4, 0.5) is 0 Å². The molecule has 0 N–H and O–H groups in total. The number of ketones is 1. The van der Waals surface area contributed by atoms with Gasteiger partial charge in [-0.2, -0.15) is 0 Å². The van der Waals surface area contributed by atoms with Crippen molar-refractivity contribution in [1.29, 1.82) is 0 Å². The average Bonchev–Trinajstić information content (AvgIpc) is 3.38. The summed E-state index contributed by atoms with van der Waals surface area (Å²) in [6.07, 6.45) is 0.371. The minimum atomic E-state index is -1.04. The normalized spacial score (nSPS) is 23.9. The first-order valence-corrected chi connectivity index (χ1v) is 12.6. The maximum atomic E-state index is 14.2. The summed E-state index contributed by atoms with van der Waals surface area (Å²) in [5.41, 5.74) is 2.33. The Kier molecular flexibility index (Phi) is 7.50. The minimum Gasteiger partial charge on any atom is -0.496 e. The fourth-order valence-corrected chi connectivity index (χ4v) is 6.07. The number of carbonyl (C=O) groups is 3. The smallest absolute Gasteiger partial charge is 0.336 e. The van der Waals surface area contributed by atoms with Gasteiger partial charge in [0.1, 0.15) is 11.7 Å². The third-order valence-corrected chi connectivity index (χ3v) is 7.53. The van der Waals surface area contributed by atoms with Crippen LogP contribution in [0, 0.1) is 11.8 Å². The molecule has 0 bridgehead atoms. The number of methoxy groups -OCH3 is 1. The number of fused-ring (bicyclic) bond motifs is 1. The van der Waals surface area contributed by atoms with Crippen LogP contribution in [0.15, 0.2) is 58.0 Å². The topological polar surface area (TPSA) is 91.3 Å².